The topological polar surface area (TPSA) is 41.6 Å². The largest absolute Gasteiger partial charge is 0.495 e. The van der Waals surface area contributed by atoms with Gasteiger partial charge in [0.2, 0.25) is 5.91 Å². The number of nitrogens with zero attached hydrogens (tertiary/aromatic N) is 1. The maximum absolute atomic E-state index is 12.3. The highest BCUT2D eigenvalue weighted by Crippen LogP contribution is 2.29. The molecule has 3 rings (SSSR count). The standard InChI is InChI=1S/C20H29ClN2O2S2/c1-25-19-6-5-16(11-18(19)21)22-20(24)7-4-15-3-2-8-23(12-15)17-13-26-9-10-27-14-17/h5-6,11,15,17H,2-4,7-10,12-14H2,1H3,(H,22,24). The Balaban J connectivity index is 1.44. The number of carbonyl (C=O) groups is 1. The van der Waals surface area contributed by atoms with Crippen molar-refractivity contribution in [3.63, 3.8) is 0 Å². The quantitative estimate of drug-likeness (QED) is 0.715. The van der Waals surface area contributed by atoms with Gasteiger partial charge in [-0.25, -0.2) is 0 Å². The lowest BCUT2D eigenvalue weighted by Crippen LogP contribution is -2.45. The lowest BCUT2D eigenvalue weighted by atomic mass is 9.92. The minimum atomic E-state index is 0.0638. The molecule has 4 nitrogen and oxygen atoms in total. The number of rotatable bonds is 6. The van der Waals surface area contributed by atoms with E-state index < -0.39 is 0 Å². The van der Waals surface area contributed by atoms with Gasteiger partial charge >= 0.3 is 0 Å². The normalized spacial score (nSPS) is 22.2. The van der Waals surface area contributed by atoms with E-state index in [9.17, 15) is 4.79 Å². The van der Waals surface area contributed by atoms with E-state index in [1.54, 1.807) is 19.2 Å². The molecular formula is C20H29ClN2O2S2. The summed E-state index contributed by atoms with van der Waals surface area (Å²) in [5.41, 5.74) is 0.726. The van der Waals surface area contributed by atoms with Gasteiger partial charge in [0.05, 0.1) is 12.1 Å². The lowest BCUT2D eigenvalue weighted by molar-refractivity contribution is -0.116. The van der Waals surface area contributed by atoms with E-state index in [0.717, 1.165) is 18.7 Å². The Morgan fingerprint density at radius 3 is 2.81 bits per heavy atom. The molecule has 0 spiro atoms. The summed E-state index contributed by atoms with van der Waals surface area (Å²) in [5, 5.41) is 3.47. The molecule has 1 unspecified atom stereocenters. The van der Waals surface area contributed by atoms with Crippen LogP contribution in [0.25, 0.3) is 0 Å². The number of hydrogen-bond acceptors (Lipinski definition) is 5. The molecule has 2 saturated heterocycles. The van der Waals surface area contributed by atoms with Crippen LogP contribution in [0.2, 0.25) is 5.02 Å². The molecule has 2 aliphatic heterocycles. The summed E-state index contributed by atoms with van der Waals surface area (Å²) in [4.78, 5) is 15.0. The molecule has 0 aliphatic carbocycles. The Labute approximate surface area is 176 Å². The van der Waals surface area contributed by atoms with E-state index in [4.69, 9.17) is 16.3 Å². The first-order valence-electron chi connectivity index (χ1n) is 9.68. The van der Waals surface area contributed by atoms with Crippen LogP contribution in [0.4, 0.5) is 5.69 Å². The Bertz CT molecular complexity index is 624. The minimum absolute atomic E-state index is 0.0638. The summed E-state index contributed by atoms with van der Waals surface area (Å²) in [5.74, 6) is 6.40. The molecule has 1 atom stereocenters. The van der Waals surface area contributed by atoms with Crippen LogP contribution < -0.4 is 10.1 Å². The average molecular weight is 429 g/mol. The summed E-state index contributed by atoms with van der Waals surface area (Å²) in [6, 6.07) is 6.05. The molecule has 2 heterocycles. The third-order valence-corrected chi connectivity index (χ3v) is 8.05. The van der Waals surface area contributed by atoms with Crippen molar-refractivity contribution in [2.24, 2.45) is 5.92 Å². The second kappa shape index (κ2) is 10.8. The minimum Gasteiger partial charge on any atom is -0.495 e. The van der Waals surface area contributed by atoms with E-state index in [1.165, 1.54) is 42.4 Å². The third-order valence-electron chi connectivity index (χ3n) is 5.27. The fourth-order valence-corrected chi connectivity index (χ4v) is 6.67. The number of amides is 1. The van der Waals surface area contributed by atoms with Gasteiger partial charge in [-0.2, -0.15) is 23.5 Å². The fourth-order valence-electron chi connectivity index (χ4n) is 3.78. The van der Waals surface area contributed by atoms with Crippen molar-refractivity contribution in [3.05, 3.63) is 23.2 Å². The third kappa shape index (κ3) is 6.48. The van der Waals surface area contributed by atoms with Crippen LogP contribution in [0.3, 0.4) is 0 Å². The van der Waals surface area contributed by atoms with E-state index >= 15 is 0 Å². The summed E-state index contributed by atoms with van der Waals surface area (Å²) in [6.45, 7) is 2.37. The van der Waals surface area contributed by atoms with Crippen molar-refractivity contribution in [1.82, 2.24) is 4.90 Å². The van der Waals surface area contributed by atoms with Crippen molar-refractivity contribution < 1.29 is 9.53 Å². The van der Waals surface area contributed by atoms with Gasteiger partial charge in [-0.05, 0) is 49.9 Å². The molecule has 27 heavy (non-hydrogen) atoms. The van der Waals surface area contributed by atoms with Gasteiger partial charge in [0.25, 0.3) is 0 Å². The second-order valence-electron chi connectivity index (χ2n) is 7.24. The SMILES string of the molecule is COc1ccc(NC(=O)CCC2CCCN(C3CSCCSC3)C2)cc1Cl. The molecule has 1 aromatic rings. The molecule has 7 heteroatoms. The maximum atomic E-state index is 12.3. The molecule has 150 valence electrons. The molecule has 0 saturated carbocycles. The number of piperidine rings is 1. The Hall–Kier alpha value is -0.560. The second-order valence-corrected chi connectivity index (χ2v) is 9.95. The van der Waals surface area contributed by atoms with Gasteiger partial charge in [-0.1, -0.05) is 11.6 Å². The number of ether oxygens (including phenoxy) is 1. The average Bonchev–Trinajstić information content (AvgIpc) is 2.96. The first kappa shape index (κ1) is 21.2. The number of carbonyl (C=O) groups excluding carboxylic acids is 1. The molecule has 0 radical (unpaired) electrons. The van der Waals surface area contributed by atoms with Crippen molar-refractivity contribution in [2.45, 2.75) is 31.7 Å². The summed E-state index contributed by atoms with van der Waals surface area (Å²) in [7, 11) is 1.58. The van der Waals surface area contributed by atoms with Crippen LogP contribution in [0.1, 0.15) is 25.7 Å². The van der Waals surface area contributed by atoms with E-state index in [-0.39, 0.29) is 5.91 Å². The number of likely N-dealkylation sites (tertiary alicyclic amines) is 1. The van der Waals surface area contributed by atoms with Crippen molar-refractivity contribution in [3.8, 4) is 5.75 Å². The molecule has 2 aliphatic rings. The summed E-state index contributed by atoms with van der Waals surface area (Å²) >= 11 is 10.3. The molecule has 0 aromatic heterocycles. The van der Waals surface area contributed by atoms with Crippen molar-refractivity contribution in [1.29, 1.82) is 0 Å². The number of hydrogen-bond donors (Lipinski definition) is 1. The monoisotopic (exact) mass is 428 g/mol. The lowest BCUT2D eigenvalue weighted by Gasteiger charge is -2.37. The van der Waals surface area contributed by atoms with Gasteiger partial charge < -0.3 is 10.1 Å². The first-order valence-corrected chi connectivity index (χ1v) is 12.4. The zero-order valence-corrected chi connectivity index (χ0v) is 18.3. The number of thioether (sulfide) groups is 2. The summed E-state index contributed by atoms with van der Waals surface area (Å²) in [6.07, 6.45) is 4.02. The zero-order valence-electron chi connectivity index (χ0n) is 15.9. The Morgan fingerprint density at radius 1 is 1.33 bits per heavy atom. The predicted octanol–water partition coefficient (Wildman–Crippen LogP) is 4.63. The molecule has 1 N–H and O–H groups in total. The van der Waals surface area contributed by atoms with Crippen molar-refractivity contribution >= 4 is 46.7 Å². The van der Waals surface area contributed by atoms with Gasteiger partial charge in [-0.15, -0.1) is 0 Å². The number of halogens is 1. The van der Waals surface area contributed by atoms with Crippen LogP contribution in [0, 0.1) is 5.92 Å². The van der Waals surface area contributed by atoms with Gasteiger partial charge in [0.15, 0.2) is 0 Å². The van der Waals surface area contributed by atoms with Gasteiger partial charge in [0.1, 0.15) is 5.75 Å². The van der Waals surface area contributed by atoms with Gasteiger partial charge in [-0.3, -0.25) is 9.69 Å². The number of methoxy groups -OCH3 is 1. The van der Waals surface area contributed by atoms with Crippen molar-refractivity contribution in [2.75, 3.05) is 48.5 Å². The van der Waals surface area contributed by atoms with Crippen LogP contribution in [-0.2, 0) is 4.79 Å². The maximum Gasteiger partial charge on any atom is 0.224 e. The number of benzene rings is 1. The van der Waals surface area contributed by atoms with Crippen LogP contribution >= 0.6 is 35.1 Å². The highest BCUT2D eigenvalue weighted by molar-refractivity contribution is 8.03. The fraction of sp³-hybridized carbons (Fsp3) is 0.650. The number of nitrogens with one attached hydrogen (secondary N) is 1. The zero-order chi connectivity index (χ0) is 19.1. The van der Waals surface area contributed by atoms with Crippen LogP contribution in [0.5, 0.6) is 5.75 Å². The van der Waals surface area contributed by atoms with E-state index in [1.807, 2.05) is 6.07 Å². The highest BCUT2D eigenvalue weighted by Gasteiger charge is 2.27. The Kier molecular flexibility index (Phi) is 8.49. The molecule has 2 fully saturated rings. The predicted molar refractivity (Wildman–Crippen MR) is 119 cm³/mol. The molecule has 1 aromatic carbocycles. The molecule has 0 bridgehead atoms. The first-order chi connectivity index (χ1) is 13.2. The molecular weight excluding hydrogens is 400 g/mol. The van der Waals surface area contributed by atoms with Crippen LogP contribution in [0.15, 0.2) is 18.2 Å². The smallest absolute Gasteiger partial charge is 0.224 e. The Morgan fingerprint density at radius 2 is 2.11 bits per heavy atom. The summed E-state index contributed by atoms with van der Waals surface area (Å²) < 4.78 is 5.15. The highest BCUT2D eigenvalue weighted by atomic mass is 35.5. The van der Waals surface area contributed by atoms with Gasteiger partial charge in [0, 0.05) is 47.7 Å². The number of anilines is 1. The molecule has 1 amide bonds. The van der Waals surface area contributed by atoms with Crippen LogP contribution in [-0.4, -0.2) is 60.1 Å². The van der Waals surface area contributed by atoms with E-state index in [0.29, 0.717) is 29.2 Å². The van der Waals surface area contributed by atoms with E-state index in [2.05, 4.69) is 33.7 Å².